The molecule has 0 N–H and O–H groups in total. The Balaban J connectivity index is 1.71. The SMILES string of the molecule is CCO[P+]1=NP(OCC)(OC(Oc2ccccc2)(Oc2ccccc2)C(Oc2ccccc2)(Oc2ccccc2)Oc2ccccc2)=NP=NP=N1. The van der Waals surface area contributed by atoms with E-state index in [1.807, 2.05) is 73.7 Å². The minimum Gasteiger partial charge on any atom is -0.421 e. The molecule has 0 saturated carbocycles. The van der Waals surface area contributed by atoms with Gasteiger partial charge in [0.1, 0.15) is 35.4 Å². The highest BCUT2D eigenvalue weighted by atomic mass is 31.2. The van der Waals surface area contributed by atoms with Gasteiger partial charge in [-0.1, -0.05) is 91.0 Å². The van der Waals surface area contributed by atoms with Crippen LogP contribution in [0.4, 0.5) is 0 Å². The van der Waals surface area contributed by atoms with Gasteiger partial charge in [0.25, 0.3) is 0 Å². The van der Waals surface area contributed by atoms with Gasteiger partial charge in [-0.25, -0.2) is 4.52 Å². The first kappa shape index (κ1) is 37.3. The molecule has 0 aliphatic carbocycles. The molecule has 0 aromatic heterocycles. The first-order chi connectivity index (χ1) is 25.5. The van der Waals surface area contributed by atoms with Crippen molar-refractivity contribution in [2.24, 2.45) is 18.1 Å². The number of benzene rings is 5. The summed E-state index contributed by atoms with van der Waals surface area (Å²) in [6, 6.07) is 44.8. The summed E-state index contributed by atoms with van der Waals surface area (Å²) >= 11 is 0. The van der Waals surface area contributed by atoms with Crippen LogP contribution in [-0.2, 0) is 13.6 Å². The van der Waals surface area contributed by atoms with Gasteiger partial charge in [0, 0.05) is 9.03 Å². The Morgan fingerprint density at radius 2 is 0.904 bits per heavy atom. The van der Waals surface area contributed by atoms with Crippen LogP contribution in [-0.4, -0.2) is 25.2 Å². The molecule has 1 heterocycles. The van der Waals surface area contributed by atoms with Gasteiger partial charge < -0.3 is 28.2 Å². The molecule has 52 heavy (non-hydrogen) atoms. The molecule has 12 nitrogen and oxygen atoms in total. The molecule has 0 saturated heterocycles. The van der Waals surface area contributed by atoms with Crippen molar-refractivity contribution >= 4 is 32.8 Å². The van der Waals surface area contributed by atoms with Crippen molar-refractivity contribution in [2.45, 2.75) is 25.8 Å². The molecule has 0 spiro atoms. The quantitative estimate of drug-likeness (QED) is 0.0675. The van der Waals surface area contributed by atoms with Crippen LogP contribution in [0.3, 0.4) is 0 Å². The minimum absolute atomic E-state index is 0.127. The normalized spacial score (nSPS) is 17.0. The van der Waals surface area contributed by atoms with E-state index in [9.17, 15) is 0 Å². The van der Waals surface area contributed by atoms with Crippen molar-refractivity contribution in [3.05, 3.63) is 152 Å². The molecule has 266 valence electrons. The van der Waals surface area contributed by atoms with E-state index in [2.05, 4.69) is 9.03 Å². The number of nitrogens with zero attached hydrogens (tertiary/aromatic N) is 4. The lowest BCUT2D eigenvalue weighted by Gasteiger charge is -2.45. The molecular formula is C36H35N4O8P4+. The van der Waals surface area contributed by atoms with Crippen molar-refractivity contribution in [1.29, 1.82) is 0 Å². The highest BCUT2D eigenvalue weighted by Crippen LogP contribution is 2.65. The maximum absolute atomic E-state index is 7.15. The largest absolute Gasteiger partial charge is 0.547 e. The summed E-state index contributed by atoms with van der Waals surface area (Å²) in [6.45, 7) is 4.09. The molecule has 6 rings (SSSR count). The Kier molecular flexibility index (Phi) is 13.1. The number of hydrogen-bond donors (Lipinski definition) is 0. The fraction of sp³-hybridized carbons (Fsp3) is 0.167. The number of ether oxygens (including phenoxy) is 5. The van der Waals surface area contributed by atoms with Crippen LogP contribution in [0.25, 0.3) is 0 Å². The van der Waals surface area contributed by atoms with Crippen molar-refractivity contribution in [3.63, 3.8) is 0 Å². The van der Waals surface area contributed by atoms with Crippen LogP contribution < -0.4 is 23.7 Å². The van der Waals surface area contributed by atoms with Gasteiger partial charge in [-0.15, -0.1) is 4.52 Å². The molecular weight excluding hydrogens is 740 g/mol. The fourth-order valence-corrected chi connectivity index (χ4v) is 10.3. The Morgan fingerprint density at radius 1 is 0.519 bits per heavy atom. The zero-order valence-corrected chi connectivity index (χ0v) is 31.8. The summed E-state index contributed by atoms with van der Waals surface area (Å²) in [6.07, 6.45) is 0. The van der Waals surface area contributed by atoms with Gasteiger partial charge in [0.2, 0.25) is 8.52 Å². The van der Waals surface area contributed by atoms with Gasteiger partial charge in [0.15, 0.2) is 8.52 Å². The van der Waals surface area contributed by atoms with Crippen LogP contribution in [0.1, 0.15) is 13.8 Å². The molecule has 5 aromatic rings. The van der Waals surface area contributed by atoms with Gasteiger partial charge >= 0.3 is 27.7 Å². The standard InChI is InChI=1S/C36H35N4O8P4/c1-3-41-51-38-49-37-50-39-52(40-51,42-4-2)48-36(46-33-26-16-8-17-27-33,47-34-28-18-9-19-29-34)35(43-30-20-10-5-11-21-30,44-31-22-12-6-13-23-31)45-32-24-14-7-15-25-32/h5-29H,3-4H2,1-2H3/q+1. The second kappa shape index (κ2) is 18.3. The highest BCUT2D eigenvalue weighted by Gasteiger charge is 2.72. The monoisotopic (exact) mass is 775 g/mol. The predicted molar refractivity (Wildman–Crippen MR) is 203 cm³/mol. The van der Waals surface area contributed by atoms with E-state index in [4.69, 9.17) is 46.3 Å². The average molecular weight is 776 g/mol. The van der Waals surface area contributed by atoms with E-state index in [1.54, 1.807) is 91.9 Å². The lowest BCUT2D eigenvalue weighted by atomic mass is 10.3. The summed E-state index contributed by atoms with van der Waals surface area (Å²) < 4.78 is 72.7. The molecule has 0 amide bonds. The van der Waals surface area contributed by atoms with Crippen LogP contribution in [0.5, 0.6) is 28.7 Å². The third-order valence-corrected chi connectivity index (χ3v) is 12.5. The summed E-state index contributed by atoms with van der Waals surface area (Å²) in [4.78, 5) is 0. The first-order valence-electron chi connectivity index (χ1n) is 16.2. The molecule has 2 unspecified atom stereocenters. The zero-order valence-electron chi connectivity index (χ0n) is 28.2. The molecule has 1 aliphatic heterocycles. The van der Waals surface area contributed by atoms with E-state index in [-0.39, 0.29) is 15.1 Å². The summed E-state index contributed by atoms with van der Waals surface area (Å²) in [5.74, 6) is -3.53. The van der Waals surface area contributed by atoms with Gasteiger partial charge in [0.05, 0.1) is 6.61 Å². The fourth-order valence-electron chi connectivity index (χ4n) is 4.58. The highest BCUT2D eigenvalue weighted by molar-refractivity contribution is 7.66. The van der Waals surface area contributed by atoms with Crippen molar-refractivity contribution in [2.75, 3.05) is 13.2 Å². The van der Waals surface area contributed by atoms with E-state index < -0.39 is 27.7 Å². The minimum atomic E-state index is -3.89. The lowest BCUT2D eigenvalue weighted by molar-refractivity contribution is -0.448. The molecule has 16 heteroatoms. The van der Waals surface area contributed by atoms with E-state index >= 15 is 0 Å². The van der Waals surface area contributed by atoms with Crippen molar-refractivity contribution in [3.8, 4) is 28.7 Å². The molecule has 2 atom stereocenters. The molecule has 0 radical (unpaired) electrons. The van der Waals surface area contributed by atoms with Crippen molar-refractivity contribution < 1.29 is 37.3 Å². The third kappa shape index (κ3) is 9.68. The maximum atomic E-state index is 7.15. The summed E-state index contributed by atoms with van der Waals surface area (Å²) in [5, 5.41) is 0. The number of rotatable bonds is 17. The van der Waals surface area contributed by atoms with Crippen LogP contribution >= 0.6 is 32.8 Å². The molecule has 1 aliphatic rings. The van der Waals surface area contributed by atoms with E-state index in [0.717, 1.165) is 0 Å². The Hall–Kier alpha value is -4.49. The Labute approximate surface area is 306 Å². The maximum Gasteiger partial charge on any atom is 0.547 e. The topological polar surface area (TPSA) is 123 Å². The van der Waals surface area contributed by atoms with Crippen LogP contribution in [0.15, 0.2) is 170 Å². The average Bonchev–Trinajstić information content (AvgIpc) is 3.16. The number of hydrogen-bond acceptors (Lipinski definition) is 12. The van der Waals surface area contributed by atoms with Gasteiger partial charge in [-0.2, -0.15) is 9.03 Å². The lowest BCUT2D eigenvalue weighted by Crippen LogP contribution is -2.72. The van der Waals surface area contributed by atoms with Crippen molar-refractivity contribution in [1.82, 2.24) is 0 Å². The Morgan fingerprint density at radius 3 is 1.27 bits per heavy atom. The smallest absolute Gasteiger partial charge is 0.421 e. The van der Waals surface area contributed by atoms with E-state index in [0.29, 0.717) is 43.9 Å². The molecule has 0 fully saturated rings. The zero-order chi connectivity index (χ0) is 36.0. The van der Waals surface area contributed by atoms with Gasteiger partial charge in [-0.3, -0.25) is 0 Å². The van der Waals surface area contributed by atoms with E-state index in [1.165, 1.54) is 0 Å². The van der Waals surface area contributed by atoms with Crippen LogP contribution in [0, 0.1) is 0 Å². The van der Waals surface area contributed by atoms with Crippen LogP contribution in [0.2, 0.25) is 0 Å². The predicted octanol–water partition coefficient (Wildman–Crippen LogP) is 12.3. The second-order valence-electron chi connectivity index (χ2n) is 10.4. The van der Waals surface area contributed by atoms with Gasteiger partial charge in [-0.05, 0) is 74.5 Å². The second-order valence-corrected chi connectivity index (χ2v) is 15.8. The summed E-state index contributed by atoms with van der Waals surface area (Å²) in [5.41, 5.74) is 0. The third-order valence-electron chi connectivity index (χ3n) is 6.67. The molecule has 5 aromatic carbocycles. The summed E-state index contributed by atoms with van der Waals surface area (Å²) in [7, 11) is -5.10. The number of para-hydroxylation sites is 5. The molecule has 0 bridgehead atoms. The Bertz CT molecular complexity index is 1850. The first-order valence-corrected chi connectivity index (χ1v) is 20.5.